The maximum atomic E-state index is 12.0. The minimum Gasteiger partial charge on any atom is -0.493 e. The lowest BCUT2D eigenvalue weighted by Gasteiger charge is -2.23. The van der Waals surface area contributed by atoms with Crippen LogP contribution < -0.4 is 20.1 Å². The molecule has 0 aliphatic rings. The lowest BCUT2D eigenvalue weighted by molar-refractivity contribution is -0.121. The van der Waals surface area contributed by atoms with Crippen molar-refractivity contribution < 1.29 is 14.3 Å². The molecule has 7 heteroatoms. The number of ether oxygens (including phenoxy) is 2. The van der Waals surface area contributed by atoms with Crippen LogP contribution in [0, 0.1) is 0 Å². The molecule has 0 aliphatic heterocycles. The van der Waals surface area contributed by atoms with E-state index in [1.807, 2.05) is 57.8 Å². The molecule has 0 radical (unpaired) electrons. The highest BCUT2D eigenvalue weighted by molar-refractivity contribution is 5.85. The normalized spacial score (nSPS) is 11.7. The van der Waals surface area contributed by atoms with E-state index in [4.69, 9.17) is 9.47 Å². The van der Waals surface area contributed by atoms with E-state index in [1.165, 1.54) is 0 Å². The zero-order chi connectivity index (χ0) is 20.4. The van der Waals surface area contributed by atoms with Gasteiger partial charge < -0.3 is 25.0 Å². The van der Waals surface area contributed by atoms with Crippen molar-refractivity contribution in [3.8, 4) is 11.5 Å². The second-order valence-electron chi connectivity index (χ2n) is 7.33. The fourth-order valence-corrected chi connectivity index (χ4v) is 2.51. The maximum Gasteiger partial charge on any atom is 0.242 e. The molecule has 0 fully saturated rings. The molecular formula is C20H34N4O3. The van der Waals surface area contributed by atoms with Gasteiger partial charge in [-0.2, -0.15) is 0 Å². The van der Waals surface area contributed by atoms with Gasteiger partial charge in [0.2, 0.25) is 5.91 Å². The summed E-state index contributed by atoms with van der Waals surface area (Å²) in [4.78, 5) is 18.5. The van der Waals surface area contributed by atoms with E-state index in [0.29, 0.717) is 5.96 Å². The summed E-state index contributed by atoms with van der Waals surface area (Å²) in [5, 5.41) is 6.15. The third-order valence-corrected chi connectivity index (χ3v) is 3.77. The molecule has 0 atom stereocenters. The minimum absolute atomic E-state index is 0.0915. The lowest BCUT2D eigenvalue weighted by Crippen LogP contribution is -2.43. The van der Waals surface area contributed by atoms with E-state index in [0.717, 1.165) is 36.6 Å². The first-order valence-corrected chi connectivity index (χ1v) is 9.21. The fourth-order valence-electron chi connectivity index (χ4n) is 2.51. The Kier molecular flexibility index (Phi) is 8.91. The molecule has 1 amide bonds. The van der Waals surface area contributed by atoms with Gasteiger partial charge in [-0.15, -0.1) is 0 Å². The van der Waals surface area contributed by atoms with Crippen molar-refractivity contribution in [2.45, 2.75) is 39.7 Å². The lowest BCUT2D eigenvalue weighted by atomic mass is 10.1. The van der Waals surface area contributed by atoms with Crippen molar-refractivity contribution in [3.63, 3.8) is 0 Å². The number of nitrogens with one attached hydrogen (secondary N) is 2. The highest BCUT2D eigenvalue weighted by Gasteiger charge is 2.14. The van der Waals surface area contributed by atoms with Crippen molar-refractivity contribution in [1.29, 1.82) is 0 Å². The highest BCUT2D eigenvalue weighted by atomic mass is 16.5. The third kappa shape index (κ3) is 8.19. The second-order valence-corrected chi connectivity index (χ2v) is 7.33. The Labute approximate surface area is 163 Å². The van der Waals surface area contributed by atoms with Crippen LogP contribution in [0.1, 0.15) is 33.3 Å². The van der Waals surface area contributed by atoms with E-state index in [-0.39, 0.29) is 18.0 Å². The molecule has 1 aromatic carbocycles. The van der Waals surface area contributed by atoms with Crippen LogP contribution in [-0.2, 0) is 11.2 Å². The zero-order valence-electron chi connectivity index (χ0n) is 17.7. The number of hydrogen-bond donors (Lipinski definition) is 2. The van der Waals surface area contributed by atoms with Gasteiger partial charge in [0, 0.05) is 25.7 Å². The van der Waals surface area contributed by atoms with Crippen molar-refractivity contribution >= 4 is 11.9 Å². The summed E-state index contributed by atoms with van der Waals surface area (Å²) in [5.74, 6) is 2.06. The quantitative estimate of drug-likeness (QED) is 0.535. The van der Waals surface area contributed by atoms with Gasteiger partial charge in [0.05, 0.1) is 14.2 Å². The summed E-state index contributed by atoms with van der Waals surface area (Å²) >= 11 is 0. The van der Waals surface area contributed by atoms with E-state index in [1.54, 1.807) is 14.2 Å². The van der Waals surface area contributed by atoms with Crippen molar-refractivity contribution in [2.24, 2.45) is 4.99 Å². The Morgan fingerprint density at radius 2 is 1.85 bits per heavy atom. The average molecular weight is 379 g/mol. The predicted octanol–water partition coefficient (Wildman–Crippen LogP) is 2.06. The molecule has 0 saturated carbocycles. The summed E-state index contributed by atoms with van der Waals surface area (Å²) in [6.45, 7) is 9.45. The van der Waals surface area contributed by atoms with Crippen LogP contribution in [0.25, 0.3) is 0 Å². The minimum atomic E-state index is -0.260. The van der Waals surface area contributed by atoms with Crippen LogP contribution in [0.4, 0.5) is 0 Å². The number of nitrogens with zero attached hydrogens (tertiary/aromatic N) is 2. The van der Waals surface area contributed by atoms with Gasteiger partial charge in [-0.05, 0) is 51.8 Å². The second kappa shape index (κ2) is 10.6. The molecule has 1 aromatic rings. The van der Waals surface area contributed by atoms with E-state index in [9.17, 15) is 4.79 Å². The Balaban J connectivity index is 2.71. The molecule has 0 spiro atoms. The number of likely N-dealkylation sites (N-methyl/N-ethyl adjacent to an activating group) is 1. The van der Waals surface area contributed by atoms with Crippen LogP contribution in [0.3, 0.4) is 0 Å². The van der Waals surface area contributed by atoms with Crippen LogP contribution in [-0.4, -0.2) is 63.2 Å². The summed E-state index contributed by atoms with van der Waals surface area (Å²) in [6, 6.07) is 5.91. The van der Waals surface area contributed by atoms with Crippen LogP contribution in [0.5, 0.6) is 11.5 Å². The molecule has 1 rings (SSSR count). The number of rotatable bonds is 8. The van der Waals surface area contributed by atoms with Crippen LogP contribution in [0.15, 0.2) is 23.2 Å². The third-order valence-electron chi connectivity index (χ3n) is 3.77. The van der Waals surface area contributed by atoms with Gasteiger partial charge in [0.15, 0.2) is 17.5 Å². The Morgan fingerprint density at radius 1 is 1.19 bits per heavy atom. The molecule has 0 bridgehead atoms. The van der Waals surface area contributed by atoms with Crippen molar-refractivity contribution in [1.82, 2.24) is 15.5 Å². The zero-order valence-corrected chi connectivity index (χ0v) is 17.7. The smallest absolute Gasteiger partial charge is 0.242 e. The topological polar surface area (TPSA) is 75.2 Å². The van der Waals surface area contributed by atoms with Crippen LogP contribution >= 0.6 is 0 Å². The predicted molar refractivity (Wildman–Crippen MR) is 110 cm³/mol. The summed E-state index contributed by atoms with van der Waals surface area (Å²) in [7, 11) is 5.22. The first-order valence-electron chi connectivity index (χ1n) is 9.21. The highest BCUT2D eigenvalue weighted by Crippen LogP contribution is 2.27. The Bertz CT molecular complexity index is 639. The molecule has 0 heterocycles. The number of aliphatic imine (C=N–C) groups is 1. The number of hydrogen-bond acceptors (Lipinski definition) is 4. The molecule has 0 aromatic heterocycles. The first kappa shape index (κ1) is 22.6. The molecular weight excluding hydrogens is 344 g/mol. The number of benzene rings is 1. The maximum absolute atomic E-state index is 12.0. The molecule has 0 aliphatic carbocycles. The van der Waals surface area contributed by atoms with Gasteiger partial charge in [0.25, 0.3) is 0 Å². The van der Waals surface area contributed by atoms with E-state index >= 15 is 0 Å². The first-order chi connectivity index (χ1) is 12.7. The number of amides is 1. The number of methoxy groups -OCH3 is 2. The van der Waals surface area contributed by atoms with Gasteiger partial charge in [-0.3, -0.25) is 4.79 Å². The number of carbonyl (C=O) groups is 1. The molecule has 27 heavy (non-hydrogen) atoms. The van der Waals surface area contributed by atoms with E-state index in [2.05, 4.69) is 15.6 Å². The van der Waals surface area contributed by atoms with Gasteiger partial charge in [-0.25, -0.2) is 4.99 Å². The van der Waals surface area contributed by atoms with Crippen LogP contribution in [0.2, 0.25) is 0 Å². The monoisotopic (exact) mass is 378 g/mol. The molecule has 7 nitrogen and oxygen atoms in total. The van der Waals surface area contributed by atoms with Gasteiger partial charge >= 0.3 is 0 Å². The standard InChI is InChI=1S/C20H34N4O3/c1-8-21-19(22-14-18(25)23-20(2,3)4)24(5)12-11-15-9-10-16(26-6)17(13-15)27-7/h9-10,13H,8,11-12,14H2,1-7H3,(H,21,22)(H,23,25). The molecule has 0 saturated heterocycles. The Morgan fingerprint density at radius 3 is 2.41 bits per heavy atom. The molecule has 2 N–H and O–H groups in total. The molecule has 0 unspecified atom stereocenters. The Hall–Kier alpha value is -2.44. The molecule has 152 valence electrons. The van der Waals surface area contributed by atoms with Gasteiger partial charge in [-0.1, -0.05) is 6.07 Å². The largest absolute Gasteiger partial charge is 0.493 e. The fraction of sp³-hybridized carbons (Fsp3) is 0.600. The summed E-state index contributed by atoms with van der Waals surface area (Å²) in [5.41, 5.74) is 0.880. The average Bonchev–Trinajstić information content (AvgIpc) is 2.61. The van der Waals surface area contributed by atoms with Crippen molar-refractivity contribution in [3.05, 3.63) is 23.8 Å². The van der Waals surface area contributed by atoms with Crippen molar-refractivity contribution in [2.75, 3.05) is 40.9 Å². The summed E-state index contributed by atoms with van der Waals surface area (Å²) < 4.78 is 10.6. The summed E-state index contributed by atoms with van der Waals surface area (Å²) in [6.07, 6.45) is 0.815. The van der Waals surface area contributed by atoms with E-state index < -0.39 is 0 Å². The number of guanidine groups is 1. The number of carbonyl (C=O) groups excluding carboxylic acids is 1. The SMILES string of the molecule is CCNC(=NCC(=O)NC(C)(C)C)N(C)CCc1ccc(OC)c(OC)c1. The van der Waals surface area contributed by atoms with Gasteiger partial charge in [0.1, 0.15) is 6.54 Å².